The van der Waals surface area contributed by atoms with Crippen LogP contribution in [0.4, 0.5) is 10.1 Å². The first-order chi connectivity index (χ1) is 15.3. The molecule has 1 aliphatic heterocycles. The molecule has 2 atom stereocenters. The van der Waals surface area contributed by atoms with E-state index in [1.54, 1.807) is 24.3 Å². The van der Waals surface area contributed by atoms with Gasteiger partial charge in [-0.2, -0.15) is 5.26 Å². The van der Waals surface area contributed by atoms with Crippen molar-refractivity contribution in [3.63, 3.8) is 0 Å². The molecule has 0 aliphatic carbocycles. The van der Waals surface area contributed by atoms with E-state index in [0.29, 0.717) is 11.3 Å². The second-order valence-corrected chi connectivity index (χ2v) is 8.62. The molecule has 1 aliphatic rings. The van der Waals surface area contributed by atoms with Crippen molar-refractivity contribution in [3.8, 4) is 6.07 Å². The van der Waals surface area contributed by atoms with Gasteiger partial charge in [-0.15, -0.1) is 0 Å². The number of ether oxygens (including phenoxy) is 1. The molecule has 32 heavy (non-hydrogen) atoms. The number of allylic oxidation sites excluding steroid dienone is 1. The Morgan fingerprint density at radius 2 is 2.00 bits per heavy atom. The number of carbonyl (C=O) groups excluding carboxylic acids is 3. The largest absolute Gasteiger partial charge is 0.468 e. The predicted molar refractivity (Wildman–Crippen MR) is 121 cm³/mol. The average Bonchev–Trinajstić information content (AvgIpc) is 2.78. The van der Waals surface area contributed by atoms with Crippen molar-refractivity contribution in [3.05, 3.63) is 75.0 Å². The number of nitrogens with one attached hydrogen (secondary N) is 2. The number of halogens is 2. The molecule has 2 N–H and O–H groups in total. The Bertz CT molecular complexity index is 1130. The van der Waals surface area contributed by atoms with Crippen molar-refractivity contribution in [1.82, 2.24) is 5.32 Å². The molecule has 10 heteroatoms. The number of rotatable bonds is 6. The van der Waals surface area contributed by atoms with E-state index in [-0.39, 0.29) is 16.4 Å². The van der Waals surface area contributed by atoms with E-state index in [1.807, 2.05) is 0 Å². The molecule has 0 radical (unpaired) electrons. The van der Waals surface area contributed by atoms with Crippen LogP contribution in [0.3, 0.4) is 0 Å². The average molecular weight is 518 g/mol. The van der Waals surface area contributed by atoms with Gasteiger partial charge in [0.25, 0.3) is 0 Å². The van der Waals surface area contributed by atoms with E-state index in [9.17, 15) is 24.0 Å². The zero-order valence-electron chi connectivity index (χ0n) is 16.7. The van der Waals surface area contributed by atoms with Gasteiger partial charge in [0.1, 0.15) is 11.7 Å². The molecule has 0 saturated heterocycles. The first-order valence-electron chi connectivity index (χ1n) is 9.30. The molecule has 2 amide bonds. The summed E-state index contributed by atoms with van der Waals surface area (Å²) in [5.41, 5.74) is 1.14. The van der Waals surface area contributed by atoms with Crippen LogP contribution in [-0.4, -0.2) is 30.6 Å². The Kier molecular flexibility index (Phi) is 7.66. The summed E-state index contributed by atoms with van der Waals surface area (Å²) in [6.07, 6.45) is 0. The molecule has 3 rings (SSSR count). The first-order valence-corrected chi connectivity index (χ1v) is 11.1. The lowest BCUT2D eigenvalue weighted by Crippen LogP contribution is -2.44. The summed E-state index contributed by atoms with van der Waals surface area (Å²) in [6.45, 7) is 0. The minimum atomic E-state index is -1.25. The summed E-state index contributed by atoms with van der Waals surface area (Å²) in [6, 6.07) is 14.3. The number of amides is 2. The minimum absolute atomic E-state index is 0.119. The SMILES string of the molecule is COC(=O)[C@H]1C(=O)NC(SCC(=O)Nc2ccc(F)cc2)=C(C#N)[C@@H]1c1cccc(Br)c1. The number of hydrogen-bond donors (Lipinski definition) is 2. The van der Waals surface area contributed by atoms with Gasteiger partial charge in [-0.1, -0.05) is 39.8 Å². The van der Waals surface area contributed by atoms with Crippen LogP contribution in [0, 0.1) is 23.1 Å². The van der Waals surface area contributed by atoms with E-state index < -0.39 is 35.4 Å². The lowest BCUT2D eigenvalue weighted by molar-refractivity contribution is -0.150. The fourth-order valence-electron chi connectivity index (χ4n) is 3.25. The summed E-state index contributed by atoms with van der Waals surface area (Å²) < 4.78 is 18.5. The lowest BCUT2D eigenvalue weighted by Gasteiger charge is -2.31. The maximum Gasteiger partial charge on any atom is 0.319 e. The Balaban J connectivity index is 1.88. The topological polar surface area (TPSA) is 108 Å². The number of hydrogen-bond acceptors (Lipinski definition) is 6. The Morgan fingerprint density at radius 1 is 1.28 bits per heavy atom. The summed E-state index contributed by atoms with van der Waals surface area (Å²) >= 11 is 4.33. The van der Waals surface area contributed by atoms with Crippen molar-refractivity contribution in [2.75, 3.05) is 18.2 Å². The molecule has 0 bridgehead atoms. The second-order valence-electron chi connectivity index (χ2n) is 6.72. The number of nitrogens with zero attached hydrogens (tertiary/aromatic N) is 1. The third-order valence-corrected chi connectivity index (χ3v) is 6.18. The highest BCUT2D eigenvalue weighted by atomic mass is 79.9. The molecule has 7 nitrogen and oxygen atoms in total. The van der Waals surface area contributed by atoms with Gasteiger partial charge in [-0.05, 0) is 42.0 Å². The van der Waals surface area contributed by atoms with E-state index in [2.05, 4.69) is 32.6 Å². The van der Waals surface area contributed by atoms with E-state index in [0.717, 1.165) is 16.2 Å². The lowest BCUT2D eigenvalue weighted by atomic mass is 9.78. The number of benzene rings is 2. The maximum absolute atomic E-state index is 13.0. The molecule has 2 aromatic carbocycles. The van der Waals surface area contributed by atoms with Crippen molar-refractivity contribution in [2.24, 2.45) is 5.92 Å². The number of methoxy groups -OCH3 is 1. The fraction of sp³-hybridized carbons (Fsp3) is 0.182. The smallest absolute Gasteiger partial charge is 0.319 e. The predicted octanol–water partition coefficient (Wildman–Crippen LogP) is 3.70. The van der Waals surface area contributed by atoms with Crippen LogP contribution in [0.2, 0.25) is 0 Å². The van der Waals surface area contributed by atoms with E-state index in [4.69, 9.17) is 4.74 Å². The van der Waals surface area contributed by atoms with Crippen molar-refractivity contribution in [2.45, 2.75) is 5.92 Å². The molecule has 164 valence electrons. The summed E-state index contributed by atoms with van der Waals surface area (Å²) in [7, 11) is 1.17. The Labute approximate surface area is 196 Å². The normalized spacial score (nSPS) is 17.9. The van der Waals surface area contributed by atoms with Crippen molar-refractivity contribution < 1.29 is 23.5 Å². The molecule has 0 spiro atoms. The molecule has 0 aromatic heterocycles. The van der Waals surface area contributed by atoms with Gasteiger partial charge in [0.05, 0.1) is 29.5 Å². The number of thioether (sulfide) groups is 1. The number of anilines is 1. The Morgan fingerprint density at radius 3 is 2.62 bits per heavy atom. The fourth-order valence-corrected chi connectivity index (χ4v) is 4.51. The van der Waals surface area contributed by atoms with Gasteiger partial charge >= 0.3 is 5.97 Å². The molecule has 0 unspecified atom stereocenters. The molecule has 0 fully saturated rings. The Hall–Kier alpha value is -3.16. The quantitative estimate of drug-likeness (QED) is 0.446. The molecule has 2 aromatic rings. The molecule has 1 heterocycles. The van der Waals surface area contributed by atoms with Crippen LogP contribution >= 0.6 is 27.7 Å². The summed E-state index contributed by atoms with van der Waals surface area (Å²) in [5, 5.41) is 15.2. The van der Waals surface area contributed by atoms with E-state index in [1.165, 1.54) is 31.4 Å². The summed E-state index contributed by atoms with van der Waals surface area (Å²) in [5.74, 6) is -4.46. The van der Waals surface area contributed by atoms with Gasteiger partial charge in [0.15, 0.2) is 0 Å². The first kappa shape index (κ1) is 23.5. The third-order valence-electron chi connectivity index (χ3n) is 4.67. The highest BCUT2D eigenvalue weighted by Gasteiger charge is 2.44. The number of esters is 1. The van der Waals surface area contributed by atoms with Gasteiger partial charge in [-0.25, -0.2) is 4.39 Å². The molecular formula is C22H17BrFN3O4S. The van der Waals surface area contributed by atoms with Gasteiger partial charge in [0, 0.05) is 16.1 Å². The van der Waals surface area contributed by atoms with Crippen molar-refractivity contribution >= 4 is 51.2 Å². The van der Waals surface area contributed by atoms with Crippen molar-refractivity contribution in [1.29, 1.82) is 5.26 Å². The van der Waals surface area contributed by atoms with Gasteiger partial charge in [0.2, 0.25) is 11.8 Å². The van der Waals surface area contributed by atoms with Crippen LogP contribution in [0.1, 0.15) is 11.5 Å². The number of nitriles is 1. The van der Waals surface area contributed by atoms with E-state index >= 15 is 0 Å². The standard InChI is InChI=1S/C22H17BrFN3O4S/c1-31-22(30)19-18(12-3-2-4-13(23)9-12)16(10-25)21(27-20(19)29)32-11-17(28)26-15-7-5-14(24)6-8-15/h2-9,18-19H,11H2,1H3,(H,26,28)(H,27,29)/t18-,19+/m0/s1. The summed E-state index contributed by atoms with van der Waals surface area (Å²) in [4.78, 5) is 37.5. The zero-order valence-corrected chi connectivity index (χ0v) is 19.1. The molecule has 0 saturated carbocycles. The van der Waals surface area contributed by atoms with Crippen LogP contribution in [0.5, 0.6) is 0 Å². The van der Waals surface area contributed by atoms with Gasteiger partial charge < -0.3 is 15.4 Å². The second kappa shape index (κ2) is 10.4. The monoisotopic (exact) mass is 517 g/mol. The maximum atomic E-state index is 13.0. The van der Waals surface area contributed by atoms with Crippen LogP contribution < -0.4 is 10.6 Å². The highest BCUT2D eigenvalue weighted by Crippen LogP contribution is 2.40. The number of carbonyl (C=O) groups is 3. The van der Waals surface area contributed by atoms with Crippen LogP contribution in [-0.2, 0) is 19.1 Å². The van der Waals surface area contributed by atoms with Crippen LogP contribution in [0.25, 0.3) is 0 Å². The third kappa shape index (κ3) is 5.36. The van der Waals surface area contributed by atoms with Crippen LogP contribution in [0.15, 0.2) is 63.6 Å². The molecular weight excluding hydrogens is 501 g/mol. The van der Waals surface area contributed by atoms with Gasteiger partial charge in [-0.3, -0.25) is 14.4 Å². The highest BCUT2D eigenvalue weighted by molar-refractivity contribution is 9.10. The zero-order chi connectivity index (χ0) is 23.3. The minimum Gasteiger partial charge on any atom is -0.468 e.